The highest BCUT2D eigenvalue weighted by atomic mass is 16.5. The van der Waals surface area contributed by atoms with E-state index in [2.05, 4.69) is 46.8 Å². The predicted molar refractivity (Wildman–Crippen MR) is 147 cm³/mol. The lowest BCUT2D eigenvalue weighted by Gasteiger charge is -2.27. The molecule has 8 heteroatoms. The smallest absolute Gasteiger partial charge is 0.340 e. The number of benzene rings is 1. The number of hydrogen-bond donors (Lipinski definition) is 2. The standard InChI is InChI=1S/C30H38N4O4/c1-21-10-11-24(17-22(21)2)33-14-6-13-32(15-16-33)19-25(38-30(37)23-7-5-12-31-18-23)20-34-28(35)26-8-3-4-9-27(26)29(34)36/h5,7,10-12,17-18,25,35-36H,3-4,6,8-9,13-16,19-20H2,1-2H3. The molecule has 1 unspecified atom stereocenters. The summed E-state index contributed by atoms with van der Waals surface area (Å²) in [6, 6.07) is 10.0. The molecule has 1 aliphatic heterocycles. The van der Waals surface area contributed by atoms with E-state index in [0.29, 0.717) is 12.1 Å². The van der Waals surface area contributed by atoms with Crippen LogP contribution < -0.4 is 4.90 Å². The normalized spacial score (nSPS) is 17.1. The van der Waals surface area contributed by atoms with E-state index in [-0.39, 0.29) is 18.3 Å². The van der Waals surface area contributed by atoms with E-state index in [0.717, 1.165) is 69.4 Å². The van der Waals surface area contributed by atoms with E-state index in [1.165, 1.54) is 27.6 Å². The van der Waals surface area contributed by atoms with Crippen molar-refractivity contribution >= 4 is 11.7 Å². The largest absolute Gasteiger partial charge is 0.494 e. The second kappa shape index (κ2) is 11.5. The van der Waals surface area contributed by atoms with Gasteiger partial charge in [0.05, 0.1) is 12.1 Å². The molecular formula is C30H38N4O4. The molecular weight excluding hydrogens is 480 g/mol. The first kappa shape index (κ1) is 26.1. The molecule has 1 aromatic carbocycles. The van der Waals surface area contributed by atoms with E-state index in [1.807, 2.05) is 0 Å². The maximum atomic E-state index is 13.0. The topological polar surface area (TPSA) is 91.1 Å². The first-order chi connectivity index (χ1) is 18.4. The molecule has 1 aliphatic carbocycles. The van der Waals surface area contributed by atoms with Crippen molar-refractivity contribution in [3.63, 3.8) is 0 Å². The summed E-state index contributed by atoms with van der Waals surface area (Å²) in [5, 5.41) is 21.9. The molecule has 38 heavy (non-hydrogen) atoms. The molecule has 0 saturated carbocycles. The van der Waals surface area contributed by atoms with Crippen molar-refractivity contribution in [3.05, 3.63) is 70.5 Å². The lowest BCUT2D eigenvalue weighted by Crippen LogP contribution is -2.39. The highest BCUT2D eigenvalue weighted by Crippen LogP contribution is 2.39. The SMILES string of the molecule is Cc1ccc(N2CCCN(CC(Cn3c(O)c4c(c3O)CCCC4)OC(=O)c3cccnc3)CC2)cc1C. The number of hydrogen-bond acceptors (Lipinski definition) is 7. The van der Waals surface area contributed by atoms with Crippen LogP contribution in [0.1, 0.15) is 51.9 Å². The van der Waals surface area contributed by atoms with E-state index >= 15 is 0 Å². The van der Waals surface area contributed by atoms with Crippen LogP contribution >= 0.6 is 0 Å². The van der Waals surface area contributed by atoms with Crippen molar-refractivity contribution in [1.82, 2.24) is 14.5 Å². The molecule has 1 atom stereocenters. The quantitative estimate of drug-likeness (QED) is 0.453. The van der Waals surface area contributed by atoms with Gasteiger partial charge >= 0.3 is 5.97 Å². The van der Waals surface area contributed by atoms with Gasteiger partial charge in [-0.1, -0.05) is 6.07 Å². The summed E-state index contributed by atoms with van der Waals surface area (Å²) in [6.45, 7) is 8.52. The molecule has 0 amide bonds. The molecule has 0 spiro atoms. The Kier molecular flexibility index (Phi) is 7.88. The Morgan fingerprint density at radius 3 is 2.39 bits per heavy atom. The van der Waals surface area contributed by atoms with Crippen molar-refractivity contribution in [3.8, 4) is 11.8 Å². The molecule has 1 fully saturated rings. The maximum absolute atomic E-state index is 13.0. The van der Waals surface area contributed by atoms with Crippen molar-refractivity contribution in [2.24, 2.45) is 0 Å². The van der Waals surface area contributed by atoms with Crippen LogP contribution in [0.3, 0.4) is 0 Å². The minimum atomic E-state index is -0.554. The zero-order chi connectivity index (χ0) is 26.6. The van der Waals surface area contributed by atoms with Crippen LogP contribution in [0.4, 0.5) is 5.69 Å². The number of nitrogens with zero attached hydrogens (tertiary/aromatic N) is 4. The Labute approximate surface area is 224 Å². The highest BCUT2D eigenvalue weighted by Gasteiger charge is 2.29. The zero-order valence-electron chi connectivity index (χ0n) is 22.4. The van der Waals surface area contributed by atoms with Gasteiger partial charge in [-0.2, -0.15) is 0 Å². The number of carbonyl (C=O) groups excluding carboxylic acids is 1. The molecule has 5 rings (SSSR count). The van der Waals surface area contributed by atoms with Gasteiger partial charge < -0.3 is 19.8 Å². The van der Waals surface area contributed by atoms with Crippen molar-refractivity contribution in [1.29, 1.82) is 0 Å². The maximum Gasteiger partial charge on any atom is 0.340 e. The number of aromatic nitrogens is 2. The Bertz CT molecular complexity index is 1240. The molecule has 1 saturated heterocycles. The minimum absolute atomic E-state index is 0.0939. The van der Waals surface area contributed by atoms with Crippen molar-refractivity contribution < 1.29 is 19.7 Å². The minimum Gasteiger partial charge on any atom is -0.494 e. The third-order valence-electron chi connectivity index (χ3n) is 7.98. The number of aromatic hydroxyl groups is 2. The lowest BCUT2D eigenvalue weighted by molar-refractivity contribution is 0.0148. The van der Waals surface area contributed by atoms with Crippen molar-refractivity contribution in [2.45, 2.75) is 58.6 Å². The molecule has 2 aromatic heterocycles. The van der Waals surface area contributed by atoms with Crippen LogP contribution in [-0.4, -0.2) is 69.5 Å². The molecule has 0 bridgehead atoms. The molecule has 202 valence electrons. The molecule has 8 nitrogen and oxygen atoms in total. The van der Waals surface area contributed by atoms with E-state index in [4.69, 9.17) is 4.74 Å². The number of esters is 1. The van der Waals surface area contributed by atoms with Gasteiger partial charge in [-0.25, -0.2) is 4.79 Å². The third kappa shape index (κ3) is 5.65. The lowest BCUT2D eigenvalue weighted by atomic mass is 9.95. The van der Waals surface area contributed by atoms with E-state index in [9.17, 15) is 15.0 Å². The molecule has 2 aliphatic rings. The van der Waals surface area contributed by atoms with E-state index < -0.39 is 12.1 Å². The Morgan fingerprint density at radius 1 is 0.947 bits per heavy atom. The zero-order valence-corrected chi connectivity index (χ0v) is 22.4. The molecule has 0 radical (unpaired) electrons. The summed E-state index contributed by atoms with van der Waals surface area (Å²) in [6.07, 6.45) is 7.04. The van der Waals surface area contributed by atoms with Gasteiger partial charge in [0, 0.05) is 61.9 Å². The number of pyridine rings is 1. The summed E-state index contributed by atoms with van der Waals surface area (Å²) in [5.74, 6) is -0.265. The number of ether oxygens (including phenoxy) is 1. The Morgan fingerprint density at radius 2 is 1.71 bits per heavy atom. The van der Waals surface area contributed by atoms with Crippen LogP contribution in [0.2, 0.25) is 0 Å². The van der Waals surface area contributed by atoms with Crippen molar-refractivity contribution in [2.75, 3.05) is 37.6 Å². The fraction of sp³-hybridized carbons (Fsp3) is 0.467. The summed E-state index contributed by atoms with van der Waals surface area (Å²) in [4.78, 5) is 21.8. The van der Waals surface area contributed by atoms with Crippen LogP contribution in [0.5, 0.6) is 11.8 Å². The second-order valence-electron chi connectivity index (χ2n) is 10.6. The van der Waals surface area contributed by atoms with Gasteiger partial charge in [0.2, 0.25) is 0 Å². The number of fused-ring (bicyclic) bond motifs is 1. The number of carbonyl (C=O) groups is 1. The summed E-state index contributed by atoms with van der Waals surface area (Å²) < 4.78 is 7.51. The van der Waals surface area contributed by atoms with Gasteiger partial charge in [-0.15, -0.1) is 0 Å². The molecule has 2 N–H and O–H groups in total. The summed E-state index contributed by atoms with van der Waals surface area (Å²) in [7, 11) is 0. The summed E-state index contributed by atoms with van der Waals surface area (Å²) >= 11 is 0. The Balaban J connectivity index is 1.33. The Hall–Kier alpha value is -3.52. The number of aryl methyl sites for hydroxylation is 2. The molecule has 3 aromatic rings. The van der Waals surface area contributed by atoms with Gasteiger partial charge in [-0.05, 0) is 81.3 Å². The average Bonchev–Trinajstić information content (AvgIpc) is 3.07. The first-order valence-corrected chi connectivity index (χ1v) is 13.7. The number of anilines is 1. The van der Waals surface area contributed by atoms with Crippen LogP contribution in [0.15, 0.2) is 42.7 Å². The third-order valence-corrected chi connectivity index (χ3v) is 7.98. The summed E-state index contributed by atoms with van der Waals surface area (Å²) in [5.41, 5.74) is 5.85. The van der Waals surface area contributed by atoms with Gasteiger partial charge in [0.1, 0.15) is 6.10 Å². The first-order valence-electron chi connectivity index (χ1n) is 13.7. The monoisotopic (exact) mass is 518 g/mol. The average molecular weight is 519 g/mol. The van der Waals surface area contributed by atoms with E-state index in [1.54, 1.807) is 18.3 Å². The fourth-order valence-electron chi connectivity index (χ4n) is 5.66. The van der Waals surface area contributed by atoms with Gasteiger partial charge in [0.15, 0.2) is 11.8 Å². The number of rotatable bonds is 7. The van der Waals surface area contributed by atoms with Crippen LogP contribution in [0.25, 0.3) is 0 Å². The predicted octanol–water partition coefficient (Wildman–Crippen LogP) is 4.23. The van der Waals surface area contributed by atoms with Crippen LogP contribution in [-0.2, 0) is 24.1 Å². The van der Waals surface area contributed by atoms with Gasteiger partial charge in [-0.3, -0.25) is 14.5 Å². The second-order valence-corrected chi connectivity index (χ2v) is 10.6. The van der Waals surface area contributed by atoms with Gasteiger partial charge in [0.25, 0.3) is 0 Å². The fourth-order valence-corrected chi connectivity index (χ4v) is 5.66. The highest BCUT2D eigenvalue weighted by molar-refractivity contribution is 5.89. The van der Waals surface area contributed by atoms with Crippen LogP contribution in [0, 0.1) is 13.8 Å². The molecule has 3 heterocycles.